The van der Waals surface area contributed by atoms with E-state index in [9.17, 15) is 5.11 Å². The zero-order valence-corrected chi connectivity index (χ0v) is 17.2. The highest BCUT2D eigenvalue weighted by Gasteiger charge is 2.47. The highest BCUT2D eigenvalue weighted by atomic mass is 16.5. The molecule has 1 aliphatic rings. The molecule has 2 unspecified atom stereocenters. The van der Waals surface area contributed by atoms with Crippen LogP contribution in [0, 0.1) is 13.8 Å². The lowest BCUT2D eigenvalue weighted by molar-refractivity contribution is 0.0103. The minimum atomic E-state index is -1.23. The van der Waals surface area contributed by atoms with Gasteiger partial charge in [-0.05, 0) is 60.4 Å². The van der Waals surface area contributed by atoms with Gasteiger partial charge >= 0.3 is 0 Å². The molecular weight excluding hydrogens is 364 g/mol. The average molecular weight is 390 g/mol. The van der Waals surface area contributed by atoms with Gasteiger partial charge in [0.25, 0.3) is 0 Å². The molecule has 0 radical (unpaired) electrons. The Morgan fingerprint density at radius 2 is 1.45 bits per heavy atom. The third-order valence-electron chi connectivity index (χ3n) is 6.03. The van der Waals surface area contributed by atoms with Crippen molar-refractivity contribution < 1.29 is 19.3 Å². The van der Waals surface area contributed by atoms with Gasteiger partial charge < -0.3 is 19.3 Å². The number of methoxy groups -OCH3 is 2. The summed E-state index contributed by atoms with van der Waals surface area (Å²) in [6.45, 7) is 4.48. The normalized spacial score (nSPS) is 20.5. The van der Waals surface area contributed by atoms with Crippen molar-refractivity contribution in [2.45, 2.75) is 25.4 Å². The molecule has 0 fully saturated rings. The van der Waals surface area contributed by atoms with E-state index in [1.54, 1.807) is 14.2 Å². The molecule has 0 spiro atoms. The molecule has 4 rings (SSSR count). The first-order chi connectivity index (χ1) is 14.0. The van der Waals surface area contributed by atoms with Crippen LogP contribution in [0.15, 0.2) is 60.7 Å². The molecule has 0 saturated heterocycles. The lowest BCUT2D eigenvalue weighted by Gasteiger charge is -2.42. The molecule has 150 valence electrons. The van der Waals surface area contributed by atoms with E-state index in [-0.39, 0.29) is 5.92 Å². The molecule has 1 heterocycles. The number of hydrogen-bond donors (Lipinski definition) is 1. The molecule has 0 saturated carbocycles. The number of aryl methyl sites for hydroxylation is 1. The van der Waals surface area contributed by atoms with Gasteiger partial charge in [0.15, 0.2) is 0 Å². The van der Waals surface area contributed by atoms with Crippen molar-refractivity contribution in [2.75, 3.05) is 20.8 Å². The van der Waals surface area contributed by atoms with Gasteiger partial charge in [-0.25, -0.2) is 0 Å². The van der Waals surface area contributed by atoms with Crippen LogP contribution in [-0.2, 0) is 5.60 Å². The number of hydrogen-bond acceptors (Lipinski definition) is 4. The van der Waals surface area contributed by atoms with Crippen molar-refractivity contribution in [3.8, 4) is 17.2 Å². The SMILES string of the molecule is COc1ccc(C2COc3c(ccc(C)c3C)C2(O)c2ccc(OC)cc2)cc1. The van der Waals surface area contributed by atoms with Crippen LogP contribution in [0.3, 0.4) is 0 Å². The molecule has 1 N–H and O–H groups in total. The lowest BCUT2D eigenvalue weighted by Crippen LogP contribution is -2.42. The summed E-state index contributed by atoms with van der Waals surface area (Å²) in [7, 11) is 3.29. The van der Waals surface area contributed by atoms with Crippen molar-refractivity contribution in [3.05, 3.63) is 88.5 Å². The summed E-state index contributed by atoms with van der Waals surface area (Å²) in [5.74, 6) is 2.04. The van der Waals surface area contributed by atoms with Crippen LogP contribution in [0.2, 0.25) is 0 Å². The minimum Gasteiger partial charge on any atom is -0.497 e. The molecule has 29 heavy (non-hydrogen) atoms. The predicted octanol–water partition coefficient (Wildman–Crippen LogP) is 4.73. The summed E-state index contributed by atoms with van der Waals surface area (Å²) >= 11 is 0. The topological polar surface area (TPSA) is 47.9 Å². The van der Waals surface area contributed by atoms with Crippen LogP contribution < -0.4 is 14.2 Å². The van der Waals surface area contributed by atoms with E-state index in [1.807, 2.05) is 67.6 Å². The number of aliphatic hydroxyl groups is 1. The second-order valence-corrected chi connectivity index (χ2v) is 7.52. The standard InChI is InChI=1S/C25H26O4/c1-16-5-14-22-24(17(16)2)29-15-23(18-6-10-20(27-3)11-7-18)25(22,26)19-8-12-21(28-4)13-9-19/h5-14,23,26H,15H2,1-4H3. The molecule has 1 aliphatic heterocycles. The van der Waals surface area contributed by atoms with E-state index < -0.39 is 5.60 Å². The fourth-order valence-corrected chi connectivity index (χ4v) is 4.13. The van der Waals surface area contributed by atoms with Gasteiger partial charge in [0.1, 0.15) is 22.8 Å². The van der Waals surface area contributed by atoms with Gasteiger partial charge in [0.05, 0.1) is 26.7 Å². The minimum absolute atomic E-state index is 0.267. The van der Waals surface area contributed by atoms with Crippen LogP contribution in [0.25, 0.3) is 0 Å². The highest BCUT2D eigenvalue weighted by molar-refractivity contribution is 5.56. The summed E-state index contributed by atoms with van der Waals surface area (Å²) in [6.07, 6.45) is 0. The Morgan fingerprint density at radius 3 is 2.03 bits per heavy atom. The van der Waals surface area contributed by atoms with Gasteiger partial charge in [-0.2, -0.15) is 0 Å². The number of rotatable bonds is 4. The van der Waals surface area contributed by atoms with E-state index in [2.05, 4.69) is 6.92 Å². The summed E-state index contributed by atoms with van der Waals surface area (Å²) in [4.78, 5) is 0. The molecule has 2 atom stereocenters. The molecule has 0 amide bonds. The average Bonchev–Trinajstić information content (AvgIpc) is 2.77. The molecule has 4 heteroatoms. The molecule has 4 nitrogen and oxygen atoms in total. The first-order valence-electron chi connectivity index (χ1n) is 9.73. The van der Waals surface area contributed by atoms with Crippen molar-refractivity contribution >= 4 is 0 Å². The fourth-order valence-electron chi connectivity index (χ4n) is 4.13. The first-order valence-corrected chi connectivity index (χ1v) is 9.73. The molecule has 3 aromatic carbocycles. The molecule has 0 aromatic heterocycles. The van der Waals surface area contributed by atoms with Crippen LogP contribution in [0.4, 0.5) is 0 Å². The lowest BCUT2D eigenvalue weighted by atomic mass is 9.71. The predicted molar refractivity (Wildman–Crippen MR) is 113 cm³/mol. The van der Waals surface area contributed by atoms with E-state index in [4.69, 9.17) is 14.2 Å². The van der Waals surface area contributed by atoms with E-state index in [0.29, 0.717) is 6.61 Å². The molecular formula is C25H26O4. The van der Waals surface area contributed by atoms with Gasteiger partial charge in [-0.3, -0.25) is 0 Å². The summed E-state index contributed by atoms with van der Waals surface area (Å²) in [5.41, 5.74) is 3.57. The Hall–Kier alpha value is -2.98. The Kier molecular flexibility index (Phi) is 4.97. The maximum atomic E-state index is 12.3. The quantitative estimate of drug-likeness (QED) is 0.699. The maximum absolute atomic E-state index is 12.3. The second kappa shape index (κ2) is 7.45. The zero-order valence-electron chi connectivity index (χ0n) is 17.2. The summed E-state index contributed by atoms with van der Waals surface area (Å²) in [6, 6.07) is 19.5. The molecule has 0 aliphatic carbocycles. The Labute approximate surface area is 171 Å². The number of benzene rings is 3. The van der Waals surface area contributed by atoms with Crippen LogP contribution in [0.1, 0.15) is 33.7 Å². The van der Waals surface area contributed by atoms with Crippen molar-refractivity contribution in [2.24, 2.45) is 0 Å². The Morgan fingerprint density at radius 1 is 0.862 bits per heavy atom. The van der Waals surface area contributed by atoms with Crippen molar-refractivity contribution in [1.29, 1.82) is 0 Å². The largest absolute Gasteiger partial charge is 0.497 e. The molecule has 3 aromatic rings. The van der Waals surface area contributed by atoms with Crippen LogP contribution in [-0.4, -0.2) is 25.9 Å². The second-order valence-electron chi connectivity index (χ2n) is 7.52. The fraction of sp³-hybridized carbons (Fsp3) is 0.280. The third-order valence-corrected chi connectivity index (χ3v) is 6.03. The smallest absolute Gasteiger partial charge is 0.128 e. The van der Waals surface area contributed by atoms with E-state index >= 15 is 0 Å². The first kappa shape index (κ1) is 19.3. The summed E-state index contributed by atoms with van der Waals surface area (Å²) in [5, 5.41) is 12.3. The van der Waals surface area contributed by atoms with Gasteiger partial charge in [-0.15, -0.1) is 0 Å². The maximum Gasteiger partial charge on any atom is 0.128 e. The van der Waals surface area contributed by atoms with Crippen molar-refractivity contribution in [1.82, 2.24) is 0 Å². The molecule has 0 bridgehead atoms. The monoisotopic (exact) mass is 390 g/mol. The van der Waals surface area contributed by atoms with Gasteiger partial charge in [-0.1, -0.05) is 36.4 Å². The highest BCUT2D eigenvalue weighted by Crippen LogP contribution is 2.50. The number of ether oxygens (including phenoxy) is 3. The Bertz CT molecular complexity index is 1010. The van der Waals surface area contributed by atoms with Gasteiger partial charge in [0.2, 0.25) is 0 Å². The Balaban J connectivity index is 1.91. The van der Waals surface area contributed by atoms with E-state index in [0.717, 1.165) is 45.1 Å². The van der Waals surface area contributed by atoms with Crippen LogP contribution >= 0.6 is 0 Å². The van der Waals surface area contributed by atoms with Crippen molar-refractivity contribution in [3.63, 3.8) is 0 Å². The van der Waals surface area contributed by atoms with Crippen LogP contribution in [0.5, 0.6) is 17.2 Å². The van der Waals surface area contributed by atoms with E-state index in [1.165, 1.54) is 0 Å². The summed E-state index contributed by atoms with van der Waals surface area (Å²) < 4.78 is 16.8. The zero-order chi connectivity index (χ0) is 20.6. The number of fused-ring (bicyclic) bond motifs is 1. The third kappa shape index (κ3) is 3.14. The van der Waals surface area contributed by atoms with Gasteiger partial charge in [0, 0.05) is 5.56 Å².